The number of nitrogens with two attached hydrogens (primary N) is 1. The van der Waals surface area contributed by atoms with Crippen molar-refractivity contribution >= 4 is 5.91 Å². The fourth-order valence-corrected chi connectivity index (χ4v) is 1.70. The topological polar surface area (TPSA) is 68.0 Å². The maximum absolute atomic E-state index is 11.4. The van der Waals surface area contributed by atoms with Gasteiger partial charge in [-0.05, 0) is 23.8 Å². The first-order valence-electron chi connectivity index (χ1n) is 5.72. The number of benzene rings is 1. The average Bonchev–Trinajstić information content (AvgIpc) is 2.46. The molecule has 0 saturated heterocycles. The van der Waals surface area contributed by atoms with Crippen LogP contribution < -0.4 is 11.1 Å². The van der Waals surface area contributed by atoms with E-state index in [1.807, 2.05) is 30.3 Å². The summed E-state index contributed by atoms with van der Waals surface area (Å²) >= 11 is 0. The van der Waals surface area contributed by atoms with E-state index in [0.717, 1.165) is 16.8 Å². The number of aromatic nitrogens is 1. The van der Waals surface area contributed by atoms with Crippen molar-refractivity contribution in [2.45, 2.75) is 6.54 Å². The van der Waals surface area contributed by atoms with E-state index in [1.54, 1.807) is 19.3 Å². The Labute approximate surface area is 106 Å². The molecule has 0 saturated carbocycles. The third-order valence-electron chi connectivity index (χ3n) is 2.71. The number of nitrogens with one attached hydrogen (secondary N) is 1. The van der Waals surface area contributed by atoms with E-state index in [-0.39, 0.29) is 5.91 Å². The molecule has 0 aliphatic heterocycles. The van der Waals surface area contributed by atoms with Crippen LogP contribution in [-0.2, 0) is 6.54 Å². The Morgan fingerprint density at radius 2 is 2.17 bits per heavy atom. The molecule has 0 aliphatic carbocycles. The Hall–Kier alpha value is -2.20. The molecule has 2 aromatic rings. The van der Waals surface area contributed by atoms with E-state index < -0.39 is 0 Å². The molecule has 2 rings (SSSR count). The van der Waals surface area contributed by atoms with Crippen molar-refractivity contribution in [3.8, 4) is 11.3 Å². The van der Waals surface area contributed by atoms with Crippen LogP contribution in [0.15, 0.2) is 42.6 Å². The molecule has 0 fully saturated rings. The summed E-state index contributed by atoms with van der Waals surface area (Å²) in [5.74, 6) is -0.134. The molecule has 0 bridgehead atoms. The largest absolute Gasteiger partial charge is 0.355 e. The zero-order valence-electron chi connectivity index (χ0n) is 10.2. The van der Waals surface area contributed by atoms with Crippen LogP contribution in [0.3, 0.4) is 0 Å². The van der Waals surface area contributed by atoms with E-state index >= 15 is 0 Å². The van der Waals surface area contributed by atoms with Crippen LogP contribution in [0.4, 0.5) is 0 Å². The van der Waals surface area contributed by atoms with E-state index in [4.69, 9.17) is 5.73 Å². The lowest BCUT2D eigenvalue weighted by atomic mass is 10.1. The lowest BCUT2D eigenvalue weighted by molar-refractivity contribution is 0.0963. The SMILES string of the molecule is CNC(=O)c1ccc(-c2cccc(CN)c2)nc1. The molecule has 4 nitrogen and oxygen atoms in total. The van der Waals surface area contributed by atoms with Gasteiger partial charge in [0.2, 0.25) is 0 Å². The summed E-state index contributed by atoms with van der Waals surface area (Å²) in [6.45, 7) is 0.504. The Morgan fingerprint density at radius 1 is 1.33 bits per heavy atom. The minimum Gasteiger partial charge on any atom is -0.355 e. The second-order valence-corrected chi connectivity index (χ2v) is 3.92. The number of pyridine rings is 1. The van der Waals surface area contributed by atoms with Gasteiger partial charge in [-0.25, -0.2) is 0 Å². The van der Waals surface area contributed by atoms with Gasteiger partial charge >= 0.3 is 0 Å². The summed E-state index contributed by atoms with van der Waals surface area (Å²) < 4.78 is 0. The van der Waals surface area contributed by atoms with Gasteiger partial charge in [0.15, 0.2) is 0 Å². The summed E-state index contributed by atoms with van der Waals surface area (Å²) in [6.07, 6.45) is 1.57. The monoisotopic (exact) mass is 241 g/mol. The van der Waals surface area contributed by atoms with Gasteiger partial charge in [0.1, 0.15) is 0 Å². The number of hydrogen-bond donors (Lipinski definition) is 2. The normalized spacial score (nSPS) is 10.1. The van der Waals surface area contributed by atoms with Crippen molar-refractivity contribution in [2.75, 3.05) is 7.05 Å². The molecule has 0 spiro atoms. The third kappa shape index (κ3) is 2.55. The van der Waals surface area contributed by atoms with Crippen LogP contribution in [0.5, 0.6) is 0 Å². The summed E-state index contributed by atoms with van der Waals surface area (Å²) in [5, 5.41) is 2.56. The van der Waals surface area contributed by atoms with Crippen LogP contribution in [0.1, 0.15) is 15.9 Å². The fourth-order valence-electron chi connectivity index (χ4n) is 1.70. The molecule has 3 N–H and O–H groups in total. The maximum Gasteiger partial charge on any atom is 0.252 e. The molecule has 0 unspecified atom stereocenters. The molecular weight excluding hydrogens is 226 g/mol. The molecule has 1 amide bonds. The lowest BCUT2D eigenvalue weighted by Crippen LogP contribution is -2.17. The molecular formula is C14H15N3O. The standard InChI is InChI=1S/C14H15N3O/c1-16-14(18)12-5-6-13(17-9-12)11-4-2-3-10(7-11)8-15/h2-7,9H,8,15H2,1H3,(H,16,18). The van der Waals surface area contributed by atoms with Gasteiger partial charge in [0.05, 0.1) is 11.3 Å². The highest BCUT2D eigenvalue weighted by Crippen LogP contribution is 2.18. The predicted molar refractivity (Wildman–Crippen MR) is 71.0 cm³/mol. The van der Waals surface area contributed by atoms with E-state index in [0.29, 0.717) is 12.1 Å². The molecule has 1 aromatic heterocycles. The Balaban J connectivity index is 2.31. The van der Waals surface area contributed by atoms with Gasteiger partial charge in [-0.2, -0.15) is 0 Å². The molecule has 0 aliphatic rings. The molecule has 0 atom stereocenters. The van der Waals surface area contributed by atoms with Crippen LogP contribution in [-0.4, -0.2) is 17.9 Å². The second kappa shape index (κ2) is 5.42. The highest BCUT2D eigenvalue weighted by Gasteiger charge is 2.05. The molecule has 0 radical (unpaired) electrons. The predicted octanol–water partition coefficient (Wildman–Crippen LogP) is 1.57. The highest BCUT2D eigenvalue weighted by molar-refractivity contribution is 5.93. The molecule has 18 heavy (non-hydrogen) atoms. The third-order valence-corrected chi connectivity index (χ3v) is 2.71. The van der Waals surface area contributed by atoms with E-state index in [1.165, 1.54) is 0 Å². The smallest absolute Gasteiger partial charge is 0.252 e. The second-order valence-electron chi connectivity index (χ2n) is 3.92. The zero-order chi connectivity index (χ0) is 13.0. The Kier molecular flexibility index (Phi) is 3.69. The van der Waals surface area contributed by atoms with Crippen molar-refractivity contribution in [2.24, 2.45) is 5.73 Å². The van der Waals surface area contributed by atoms with Crippen molar-refractivity contribution < 1.29 is 4.79 Å². The quantitative estimate of drug-likeness (QED) is 0.857. The number of nitrogens with zero attached hydrogens (tertiary/aromatic N) is 1. The van der Waals surface area contributed by atoms with Gasteiger partial charge < -0.3 is 11.1 Å². The Morgan fingerprint density at radius 3 is 2.78 bits per heavy atom. The zero-order valence-corrected chi connectivity index (χ0v) is 10.2. The van der Waals surface area contributed by atoms with Gasteiger partial charge in [-0.3, -0.25) is 9.78 Å². The first kappa shape index (κ1) is 12.3. The van der Waals surface area contributed by atoms with Crippen molar-refractivity contribution in [3.63, 3.8) is 0 Å². The van der Waals surface area contributed by atoms with Gasteiger partial charge in [0, 0.05) is 25.4 Å². The summed E-state index contributed by atoms with van der Waals surface area (Å²) in [4.78, 5) is 15.7. The van der Waals surface area contributed by atoms with Gasteiger partial charge in [-0.1, -0.05) is 18.2 Å². The Bertz CT molecular complexity index is 549. The van der Waals surface area contributed by atoms with Crippen molar-refractivity contribution in [1.82, 2.24) is 10.3 Å². The first-order chi connectivity index (χ1) is 8.74. The minimum atomic E-state index is -0.134. The lowest BCUT2D eigenvalue weighted by Gasteiger charge is -2.04. The fraction of sp³-hybridized carbons (Fsp3) is 0.143. The summed E-state index contributed by atoms with van der Waals surface area (Å²) in [6, 6.07) is 11.5. The maximum atomic E-state index is 11.4. The molecule has 1 aromatic carbocycles. The molecule has 1 heterocycles. The number of carbonyl (C=O) groups excluding carboxylic acids is 1. The highest BCUT2D eigenvalue weighted by atomic mass is 16.1. The average molecular weight is 241 g/mol. The van der Waals surface area contributed by atoms with Crippen LogP contribution >= 0.6 is 0 Å². The van der Waals surface area contributed by atoms with E-state index in [9.17, 15) is 4.79 Å². The van der Waals surface area contributed by atoms with Crippen molar-refractivity contribution in [3.05, 3.63) is 53.7 Å². The number of hydrogen-bond acceptors (Lipinski definition) is 3. The van der Waals surface area contributed by atoms with Crippen LogP contribution in [0.2, 0.25) is 0 Å². The number of amides is 1. The van der Waals surface area contributed by atoms with Crippen LogP contribution in [0, 0.1) is 0 Å². The summed E-state index contributed by atoms with van der Waals surface area (Å²) in [7, 11) is 1.60. The molecule has 92 valence electrons. The summed E-state index contributed by atoms with van der Waals surface area (Å²) in [5.41, 5.74) is 9.05. The van der Waals surface area contributed by atoms with Crippen LogP contribution in [0.25, 0.3) is 11.3 Å². The first-order valence-corrected chi connectivity index (χ1v) is 5.72. The number of carbonyl (C=O) groups is 1. The van der Waals surface area contributed by atoms with Crippen molar-refractivity contribution in [1.29, 1.82) is 0 Å². The molecule has 4 heteroatoms. The number of rotatable bonds is 3. The van der Waals surface area contributed by atoms with Gasteiger partial charge in [0.25, 0.3) is 5.91 Å². The van der Waals surface area contributed by atoms with Gasteiger partial charge in [-0.15, -0.1) is 0 Å². The minimum absolute atomic E-state index is 0.134. The van der Waals surface area contributed by atoms with E-state index in [2.05, 4.69) is 10.3 Å².